The third-order valence-corrected chi connectivity index (χ3v) is 7.57. The lowest BCUT2D eigenvalue weighted by atomic mass is 9.80. The van der Waals surface area contributed by atoms with E-state index in [4.69, 9.17) is 0 Å². The summed E-state index contributed by atoms with van der Waals surface area (Å²) in [5, 5.41) is 5.67. The van der Waals surface area contributed by atoms with E-state index in [1.54, 1.807) is 25.2 Å². The number of nitrogens with zero attached hydrogens (tertiary/aromatic N) is 3. The molecule has 3 aromatic rings. The van der Waals surface area contributed by atoms with Gasteiger partial charge in [-0.1, -0.05) is 37.3 Å². The molecule has 3 atom stereocenters. The highest BCUT2D eigenvalue weighted by atomic mass is 32.1. The molecule has 1 fully saturated rings. The van der Waals surface area contributed by atoms with Gasteiger partial charge in [0.1, 0.15) is 11.9 Å². The maximum absolute atomic E-state index is 13.6. The standard InChI is InChI=1S/C27H30N4O3S/c1-4-19(20-9-6-5-7-10-20)17-23(32)31-25(27(34)30(3)24-11-8-14-35-24)21(26(31)33)15-18-12-13-29-22(16-18)28-2/h5-14,16,19,21,25H,4,15,17H2,1-3H3,(H,28,29)/t19-,21+,25-/m0/s1. The number of rotatable bonds is 9. The van der Waals surface area contributed by atoms with Gasteiger partial charge in [0.05, 0.1) is 10.9 Å². The van der Waals surface area contributed by atoms with E-state index >= 15 is 0 Å². The highest BCUT2D eigenvalue weighted by Gasteiger charge is 2.55. The molecule has 0 unspecified atom stereocenters. The molecule has 1 N–H and O–H groups in total. The fourth-order valence-electron chi connectivity index (χ4n) is 4.60. The van der Waals surface area contributed by atoms with E-state index in [0.717, 1.165) is 22.5 Å². The van der Waals surface area contributed by atoms with Crippen molar-refractivity contribution in [2.75, 3.05) is 24.3 Å². The second-order valence-corrected chi connectivity index (χ2v) is 9.65. The Morgan fingerprint density at radius 3 is 2.60 bits per heavy atom. The smallest absolute Gasteiger partial charge is 0.251 e. The fourth-order valence-corrected chi connectivity index (χ4v) is 5.30. The van der Waals surface area contributed by atoms with Crippen molar-refractivity contribution in [1.82, 2.24) is 9.88 Å². The van der Waals surface area contributed by atoms with Gasteiger partial charge in [-0.2, -0.15) is 0 Å². The minimum atomic E-state index is -0.832. The quantitative estimate of drug-likeness (QED) is 0.452. The molecular weight excluding hydrogens is 460 g/mol. The van der Waals surface area contributed by atoms with E-state index in [0.29, 0.717) is 12.2 Å². The number of carbonyl (C=O) groups is 3. The van der Waals surface area contributed by atoms with E-state index in [-0.39, 0.29) is 30.1 Å². The Labute approximate surface area is 209 Å². The number of imide groups is 1. The first-order chi connectivity index (χ1) is 16.9. The Balaban J connectivity index is 1.59. The fraction of sp³-hybridized carbons (Fsp3) is 0.333. The molecule has 4 rings (SSSR count). The minimum Gasteiger partial charge on any atom is -0.373 e. The van der Waals surface area contributed by atoms with Crippen molar-refractivity contribution in [3.8, 4) is 0 Å². The summed E-state index contributed by atoms with van der Waals surface area (Å²) in [6, 6.07) is 16.4. The second-order valence-electron chi connectivity index (χ2n) is 8.73. The number of anilines is 2. The molecule has 35 heavy (non-hydrogen) atoms. The molecule has 2 aromatic heterocycles. The molecular formula is C27H30N4O3S. The average molecular weight is 491 g/mol. The summed E-state index contributed by atoms with van der Waals surface area (Å²) < 4.78 is 0. The summed E-state index contributed by atoms with van der Waals surface area (Å²) in [4.78, 5) is 47.3. The first kappa shape index (κ1) is 24.6. The van der Waals surface area contributed by atoms with Crippen LogP contribution in [0.25, 0.3) is 0 Å². The number of β-lactam (4-membered cyclic amide) rings is 1. The van der Waals surface area contributed by atoms with Crippen molar-refractivity contribution < 1.29 is 14.4 Å². The van der Waals surface area contributed by atoms with Crippen LogP contribution in [0.5, 0.6) is 0 Å². The summed E-state index contributed by atoms with van der Waals surface area (Å²) in [6.07, 6.45) is 2.99. The minimum absolute atomic E-state index is 0.0142. The molecule has 7 nitrogen and oxygen atoms in total. The molecule has 1 aromatic carbocycles. The van der Waals surface area contributed by atoms with E-state index < -0.39 is 12.0 Å². The maximum Gasteiger partial charge on any atom is 0.251 e. The number of amides is 3. The van der Waals surface area contributed by atoms with Crippen LogP contribution in [0.1, 0.15) is 36.8 Å². The molecule has 182 valence electrons. The zero-order valence-electron chi connectivity index (χ0n) is 20.2. The Morgan fingerprint density at radius 2 is 1.94 bits per heavy atom. The van der Waals surface area contributed by atoms with Gasteiger partial charge in [-0.15, -0.1) is 11.3 Å². The number of likely N-dealkylation sites (tertiary alicyclic amines) is 1. The molecule has 0 spiro atoms. The number of pyridine rings is 1. The molecule has 1 aliphatic rings. The molecule has 3 amide bonds. The zero-order valence-corrected chi connectivity index (χ0v) is 21.0. The van der Waals surface area contributed by atoms with Gasteiger partial charge in [-0.05, 0) is 59.5 Å². The van der Waals surface area contributed by atoms with Crippen molar-refractivity contribution in [3.05, 3.63) is 77.3 Å². The van der Waals surface area contributed by atoms with Gasteiger partial charge in [0.25, 0.3) is 5.91 Å². The van der Waals surface area contributed by atoms with Gasteiger partial charge in [0.2, 0.25) is 11.8 Å². The van der Waals surface area contributed by atoms with Crippen LogP contribution < -0.4 is 10.2 Å². The first-order valence-electron chi connectivity index (χ1n) is 11.8. The summed E-state index contributed by atoms with van der Waals surface area (Å²) >= 11 is 1.44. The topological polar surface area (TPSA) is 82.6 Å². The van der Waals surface area contributed by atoms with Crippen molar-refractivity contribution in [2.24, 2.45) is 5.92 Å². The summed E-state index contributed by atoms with van der Waals surface area (Å²) in [5.41, 5.74) is 1.95. The number of nitrogens with one attached hydrogen (secondary N) is 1. The molecule has 1 saturated heterocycles. The number of carbonyl (C=O) groups excluding carboxylic acids is 3. The molecule has 1 aliphatic heterocycles. The van der Waals surface area contributed by atoms with Crippen LogP contribution in [0.15, 0.2) is 66.2 Å². The monoisotopic (exact) mass is 490 g/mol. The summed E-state index contributed by atoms with van der Waals surface area (Å²) in [5.74, 6) is -0.767. The van der Waals surface area contributed by atoms with Crippen LogP contribution in [0, 0.1) is 5.92 Å². The van der Waals surface area contributed by atoms with Gasteiger partial charge in [0, 0.05) is 26.7 Å². The SMILES string of the molecule is CC[C@@H](CC(=O)N1C(=O)[C@H](Cc2ccnc(NC)c2)[C@H]1C(=O)N(C)c1cccs1)c1ccccc1. The van der Waals surface area contributed by atoms with Gasteiger partial charge in [-0.3, -0.25) is 19.3 Å². The van der Waals surface area contributed by atoms with Crippen LogP contribution in [-0.2, 0) is 20.8 Å². The number of hydrogen-bond acceptors (Lipinski definition) is 6. The third-order valence-electron chi connectivity index (χ3n) is 6.62. The molecule has 0 bridgehead atoms. The van der Waals surface area contributed by atoms with Crippen LogP contribution in [0.3, 0.4) is 0 Å². The number of hydrogen-bond donors (Lipinski definition) is 1. The Kier molecular flexibility index (Phi) is 7.60. The summed E-state index contributed by atoms with van der Waals surface area (Å²) in [6.45, 7) is 2.03. The van der Waals surface area contributed by atoms with Crippen LogP contribution >= 0.6 is 11.3 Å². The zero-order chi connectivity index (χ0) is 24.9. The van der Waals surface area contributed by atoms with E-state index in [1.807, 2.05) is 66.9 Å². The highest BCUT2D eigenvalue weighted by Crippen LogP contribution is 2.36. The van der Waals surface area contributed by atoms with Gasteiger partial charge < -0.3 is 10.2 Å². The lowest BCUT2D eigenvalue weighted by molar-refractivity contribution is -0.170. The van der Waals surface area contributed by atoms with Gasteiger partial charge >= 0.3 is 0 Å². The normalized spacial score (nSPS) is 18.0. The van der Waals surface area contributed by atoms with Crippen molar-refractivity contribution in [3.63, 3.8) is 0 Å². The van der Waals surface area contributed by atoms with Crippen molar-refractivity contribution in [2.45, 2.75) is 38.1 Å². The van der Waals surface area contributed by atoms with Crippen LogP contribution in [0.4, 0.5) is 10.8 Å². The predicted octanol–water partition coefficient (Wildman–Crippen LogP) is 4.33. The van der Waals surface area contributed by atoms with Crippen LogP contribution in [-0.4, -0.2) is 47.7 Å². The van der Waals surface area contributed by atoms with E-state index in [2.05, 4.69) is 10.3 Å². The Hall–Kier alpha value is -3.52. The third kappa shape index (κ3) is 5.12. The number of aromatic nitrogens is 1. The van der Waals surface area contributed by atoms with Gasteiger partial charge in [-0.25, -0.2) is 4.98 Å². The molecule has 0 radical (unpaired) electrons. The lowest BCUT2D eigenvalue weighted by Crippen LogP contribution is -2.69. The van der Waals surface area contributed by atoms with Crippen molar-refractivity contribution in [1.29, 1.82) is 0 Å². The number of benzene rings is 1. The Morgan fingerprint density at radius 1 is 1.17 bits per heavy atom. The molecule has 3 heterocycles. The first-order valence-corrected chi connectivity index (χ1v) is 12.7. The lowest BCUT2D eigenvalue weighted by Gasteiger charge is -2.46. The highest BCUT2D eigenvalue weighted by molar-refractivity contribution is 7.14. The predicted molar refractivity (Wildman–Crippen MR) is 138 cm³/mol. The largest absolute Gasteiger partial charge is 0.373 e. The second kappa shape index (κ2) is 10.8. The van der Waals surface area contributed by atoms with Crippen LogP contribution in [0.2, 0.25) is 0 Å². The molecule has 8 heteroatoms. The van der Waals surface area contributed by atoms with E-state index in [1.165, 1.54) is 16.2 Å². The molecule has 0 aliphatic carbocycles. The number of likely N-dealkylation sites (N-methyl/N-ethyl adjacent to an activating group) is 1. The average Bonchev–Trinajstić information content (AvgIpc) is 3.43. The summed E-state index contributed by atoms with van der Waals surface area (Å²) in [7, 11) is 3.47. The number of thiophene rings is 1. The maximum atomic E-state index is 13.6. The Bertz CT molecular complexity index is 1180. The van der Waals surface area contributed by atoms with Crippen molar-refractivity contribution >= 4 is 39.9 Å². The van der Waals surface area contributed by atoms with Gasteiger partial charge in [0.15, 0.2) is 0 Å². The molecule has 0 saturated carbocycles. The van der Waals surface area contributed by atoms with E-state index in [9.17, 15) is 14.4 Å².